The van der Waals surface area contributed by atoms with Gasteiger partial charge in [-0.05, 0) is 31.5 Å². The molecular formula is C14H21BrN2O. The smallest absolute Gasteiger partial charge is 0.0622 e. The summed E-state index contributed by atoms with van der Waals surface area (Å²) in [6, 6.07) is 8.84. The molecular weight excluding hydrogens is 292 g/mol. The molecule has 0 amide bonds. The van der Waals surface area contributed by atoms with E-state index in [9.17, 15) is 0 Å². The van der Waals surface area contributed by atoms with Gasteiger partial charge in [0, 0.05) is 29.7 Å². The van der Waals surface area contributed by atoms with Gasteiger partial charge < -0.3 is 15.4 Å². The Bertz CT molecular complexity index is 380. The van der Waals surface area contributed by atoms with Crippen LogP contribution in [0.25, 0.3) is 0 Å². The lowest BCUT2D eigenvalue weighted by molar-refractivity contribution is 0.157. The minimum absolute atomic E-state index is 0.0883. The Hall–Kier alpha value is -0.420. The number of halogens is 1. The van der Waals surface area contributed by atoms with E-state index in [2.05, 4.69) is 33.9 Å². The van der Waals surface area contributed by atoms with E-state index in [4.69, 9.17) is 10.5 Å². The molecule has 100 valence electrons. The molecule has 0 aliphatic carbocycles. The van der Waals surface area contributed by atoms with Crippen LogP contribution in [-0.4, -0.2) is 37.7 Å². The van der Waals surface area contributed by atoms with Gasteiger partial charge in [0.05, 0.1) is 6.61 Å². The van der Waals surface area contributed by atoms with Crippen molar-refractivity contribution in [3.8, 4) is 0 Å². The highest BCUT2D eigenvalue weighted by Gasteiger charge is 2.20. The summed E-state index contributed by atoms with van der Waals surface area (Å²) < 4.78 is 6.51. The molecule has 0 spiro atoms. The maximum Gasteiger partial charge on any atom is 0.0622 e. The van der Waals surface area contributed by atoms with Gasteiger partial charge in [0.2, 0.25) is 0 Å². The fraction of sp³-hybridized carbons (Fsp3) is 0.571. The van der Waals surface area contributed by atoms with Gasteiger partial charge in [0.1, 0.15) is 0 Å². The van der Waals surface area contributed by atoms with Crippen LogP contribution in [0, 0.1) is 0 Å². The van der Waals surface area contributed by atoms with Crippen molar-refractivity contribution < 1.29 is 4.74 Å². The van der Waals surface area contributed by atoms with Crippen molar-refractivity contribution in [3.05, 3.63) is 34.3 Å². The minimum atomic E-state index is 0.0883. The number of nitrogens with zero attached hydrogens (tertiary/aromatic N) is 1. The van der Waals surface area contributed by atoms with E-state index in [1.807, 2.05) is 18.2 Å². The third-order valence-electron chi connectivity index (χ3n) is 3.63. The van der Waals surface area contributed by atoms with E-state index in [-0.39, 0.29) is 6.04 Å². The van der Waals surface area contributed by atoms with Gasteiger partial charge in [-0.3, -0.25) is 0 Å². The first-order chi connectivity index (χ1) is 8.68. The van der Waals surface area contributed by atoms with Crippen LogP contribution in [0.3, 0.4) is 0 Å². The second-order valence-corrected chi connectivity index (χ2v) is 5.77. The topological polar surface area (TPSA) is 38.5 Å². The third kappa shape index (κ3) is 3.54. The number of hydrogen-bond acceptors (Lipinski definition) is 3. The predicted octanol–water partition coefficient (Wildman–Crippen LogP) is 2.56. The number of likely N-dealkylation sites (N-methyl/N-ethyl adjacent to an activating group) is 1. The Morgan fingerprint density at radius 2 is 2.28 bits per heavy atom. The molecule has 4 heteroatoms. The zero-order chi connectivity index (χ0) is 13.0. The summed E-state index contributed by atoms with van der Waals surface area (Å²) in [6.45, 7) is 2.77. The first-order valence-electron chi connectivity index (χ1n) is 6.46. The summed E-state index contributed by atoms with van der Waals surface area (Å²) in [7, 11) is 2.16. The zero-order valence-corrected chi connectivity index (χ0v) is 12.4. The molecule has 1 aromatic carbocycles. The van der Waals surface area contributed by atoms with Crippen molar-refractivity contribution in [2.75, 3.05) is 26.8 Å². The SMILES string of the molecule is CN(CCC(N)c1ccccc1Br)C1CCOC1. The van der Waals surface area contributed by atoms with Crippen molar-refractivity contribution in [3.63, 3.8) is 0 Å². The molecule has 1 aromatic rings. The van der Waals surface area contributed by atoms with Gasteiger partial charge in [-0.25, -0.2) is 0 Å². The molecule has 0 saturated carbocycles. The molecule has 0 bridgehead atoms. The molecule has 1 heterocycles. The average Bonchev–Trinajstić information content (AvgIpc) is 2.90. The lowest BCUT2D eigenvalue weighted by Crippen LogP contribution is -2.34. The van der Waals surface area contributed by atoms with Crippen molar-refractivity contribution in [1.29, 1.82) is 0 Å². The average molecular weight is 313 g/mol. The van der Waals surface area contributed by atoms with Crippen LogP contribution in [0.15, 0.2) is 28.7 Å². The number of rotatable bonds is 5. The van der Waals surface area contributed by atoms with Crippen molar-refractivity contribution in [2.45, 2.75) is 24.9 Å². The normalized spacial score (nSPS) is 21.4. The van der Waals surface area contributed by atoms with E-state index in [0.717, 1.165) is 37.1 Å². The van der Waals surface area contributed by atoms with Crippen LogP contribution in [0.1, 0.15) is 24.4 Å². The third-order valence-corrected chi connectivity index (χ3v) is 4.35. The zero-order valence-electron chi connectivity index (χ0n) is 10.8. The van der Waals surface area contributed by atoms with Gasteiger partial charge in [0.15, 0.2) is 0 Å². The van der Waals surface area contributed by atoms with Crippen LogP contribution in [0.4, 0.5) is 0 Å². The minimum Gasteiger partial charge on any atom is -0.380 e. The Morgan fingerprint density at radius 3 is 2.94 bits per heavy atom. The maximum absolute atomic E-state index is 6.25. The fourth-order valence-electron chi connectivity index (χ4n) is 2.33. The molecule has 0 aromatic heterocycles. The predicted molar refractivity (Wildman–Crippen MR) is 77.5 cm³/mol. The Kier molecular flexibility index (Phi) is 5.18. The molecule has 2 unspecified atom stereocenters. The summed E-state index contributed by atoms with van der Waals surface area (Å²) in [5.41, 5.74) is 7.44. The molecule has 3 nitrogen and oxygen atoms in total. The van der Waals surface area contributed by atoms with Gasteiger partial charge >= 0.3 is 0 Å². The molecule has 18 heavy (non-hydrogen) atoms. The Labute approximate surface area is 117 Å². The van der Waals surface area contributed by atoms with Gasteiger partial charge in [-0.1, -0.05) is 34.1 Å². The van der Waals surface area contributed by atoms with Crippen molar-refractivity contribution in [2.24, 2.45) is 5.73 Å². The number of hydrogen-bond donors (Lipinski definition) is 1. The molecule has 0 radical (unpaired) electrons. The number of ether oxygens (including phenoxy) is 1. The molecule has 2 N–H and O–H groups in total. The highest BCUT2D eigenvalue weighted by Crippen LogP contribution is 2.24. The van der Waals surface area contributed by atoms with Gasteiger partial charge in [0.25, 0.3) is 0 Å². The molecule has 2 rings (SSSR count). The second-order valence-electron chi connectivity index (χ2n) is 4.91. The summed E-state index contributed by atoms with van der Waals surface area (Å²) in [5, 5.41) is 0. The molecule has 1 aliphatic heterocycles. The van der Waals surface area contributed by atoms with Crippen molar-refractivity contribution >= 4 is 15.9 Å². The second kappa shape index (κ2) is 6.66. The summed E-state index contributed by atoms with van der Waals surface area (Å²) in [6.07, 6.45) is 2.11. The van der Waals surface area contributed by atoms with E-state index < -0.39 is 0 Å². The first kappa shape index (κ1) is 14.0. The number of nitrogens with two attached hydrogens (primary N) is 1. The van der Waals surface area contributed by atoms with E-state index in [1.165, 1.54) is 5.56 Å². The fourth-order valence-corrected chi connectivity index (χ4v) is 2.91. The van der Waals surface area contributed by atoms with E-state index in [0.29, 0.717) is 6.04 Å². The Balaban J connectivity index is 1.84. The summed E-state index contributed by atoms with van der Waals surface area (Å²) in [4.78, 5) is 2.36. The molecule has 1 aliphatic rings. The molecule has 2 atom stereocenters. The van der Waals surface area contributed by atoms with Crippen LogP contribution in [-0.2, 0) is 4.74 Å². The van der Waals surface area contributed by atoms with Crippen LogP contribution < -0.4 is 5.73 Å². The largest absolute Gasteiger partial charge is 0.380 e. The summed E-state index contributed by atoms with van der Waals surface area (Å²) >= 11 is 3.56. The van der Waals surface area contributed by atoms with Crippen molar-refractivity contribution in [1.82, 2.24) is 4.90 Å². The van der Waals surface area contributed by atoms with Crippen LogP contribution in [0.5, 0.6) is 0 Å². The monoisotopic (exact) mass is 312 g/mol. The Morgan fingerprint density at radius 1 is 1.50 bits per heavy atom. The summed E-state index contributed by atoms with van der Waals surface area (Å²) in [5.74, 6) is 0. The lowest BCUT2D eigenvalue weighted by Gasteiger charge is -2.24. The van der Waals surface area contributed by atoms with Gasteiger partial charge in [-0.2, -0.15) is 0 Å². The molecule has 1 fully saturated rings. The standard InChI is InChI=1S/C14H21BrN2O/c1-17(11-7-9-18-10-11)8-6-14(16)12-4-2-3-5-13(12)15/h2-5,11,14H,6-10,16H2,1H3. The van der Waals surface area contributed by atoms with Crippen LogP contribution >= 0.6 is 15.9 Å². The molecule has 1 saturated heterocycles. The lowest BCUT2D eigenvalue weighted by atomic mass is 10.0. The highest BCUT2D eigenvalue weighted by atomic mass is 79.9. The number of benzene rings is 1. The van der Waals surface area contributed by atoms with E-state index in [1.54, 1.807) is 0 Å². The first-order valence-corrected chi connectivity index (χ1v) is 7.26. The highest BCUT2D eigenvalue weighted by molar-refractivity contribution is 9.10. The quantitative estimate of drug-likeness (QED) is 0.908. The van der Waals surface area contributed by atoms with E-state index >= 15 is 0 Å². The van der Waals surface area contributed by atoms with Gasteiger partial charge in [-0.15, -0.1) is 0 Å². The van der Waals surface area contributed by atoms with Crippen LogP contribution in [0.2, 0.25) is 0 Å². The maximum atomic E-state index is 6.25.